The SMILES string of the molecule is Cc1nn(C)c(C)c1N=Cc1c(O)n(-c2ccc(Br)c(C)c2C)c(=O)[nH]c1=O. The van der Waals surface area contributed by atoms with Gasteiger partial charge in [-0.3, -0.25) is 19.5 Å². The monoisotopic (exact) mass is 445 g/mol. The fourth-order valence-corrected chi connectivity index (χ4v) is 3.40. The molecule has 0 aliphatic carbocycles. The van der Waals surface area contributed by atoms with Crippen LogP contribution in [-0.2, 0) is 7.05 Å². The average molecular weight is 446 g/mol. The smallest absolute Gasteiger partial charge is 0.335 e. The molecule has 2 aromatic heterocycles. The van der Waals surface area contributed by atoms with Crippen molar-refractivity contribution in [2.24, 2.45) is 12.0 Å². The van der Waals surface area contributed by atoms with Crippen molar-refractivity contribution < 1.29 is 5.11 Å². The average Bonchev–Trinajstić information content (AvgIpc) is 2.87. The summed E-state index contributed by atoms with van der Waals surface area (Å²) in [4.78, 5) is 31.3. The summed E-state index contributed by atoms with van der Waals surface area (Å²) in [7, 11) is 1.80. The summed E-state index contributed by atoms with van der Waals surface area (Å²) in [6.07, 6.45) is 1.25. The van der Waals surface area contributed by atoms with Crippen molar-refractivity contribution in [2.45, 2.75) is 27.7 Å². The number of nitrogens with zero attached hydrogens (tertiary/aromatic N) is 4. The number of aromatic nitrogens is 4. The summed E-state index contributed by atoms with van der Waals surface area (Å²) in [6, 6.07) is 3.48. The molecule has 0 fully saturated rings. The molecule has 0 aliphatic rings. The third-order valence-electron chi connectivity index (χ3n) is 4.85. The summed E-state index contributed by atoms with van der Waals surface area (Å²) in [6.45, 7) is 7.39. The lowest BCUT2D eigenvalue weighted by atomic mass is 10.1. The Morgan fingerprint density at radius 2 is 1.86 bits per heavy atom. The minimum atomic E-state index is -0.724. The van der Waals surface area contributed by atoms with Gasteiger partial charge in [0, 0.05) is 17.7 Å². The number of H-pyrrole nitrogens is 1. The third kappa shape index (κ3) is 3.22. The van der Waals surface area contributed by atoms with Gasteiger partial charge in [0.05, 0.1) is 17.1 Å². The third-order valence-corrected chi connectivity index (χ3v) is 5.71. The van der Waals surface area contributed by atoms with Gasteiger partial charge in [-0.15, -0.1) is 0 Å². The van der Waals surface area contributed by atoms with Crippen LogP contribution in [0.1, 0.15) is 28.1 Å². The molecule has 0 unspecified atom stereocenters. The number of hydrogen-bond acceptors (Lipinski definition) is 5. The van der Waals surface area contributed by atoms with E-state index in [1.807, 2.05) is 20.8 Å². The molecule has 0 saturated carbocycles. The number of benzene rings is 1. The largest absolute Gasteiger partial charge is 0.493 e. The van der Waals surface area contributed by atoms with Crippen LogP contribution < -0.4 is 11.2 Å². The maximum Gasteiger partial charge on any atom is 0.335 e. The van der Waals surface area contributed by atoms with Crippen LogP contribution in [0.3, 0.4) is 0 Å². The molecule has 28 heavy (non-hydrogen) atoms. The van der Waals surface area contributed by atoms with Gasteiger partial charge in [-0.25, -0.2) is 9.36 Å². The molecule has 8 nitrogen and oxygen atoms in total. The van der Waals surface area contributed by atoms with Crippen molar-refractivity contribution >= 4 is 27.8 Å². The molecule has 9 heteroatoms. The Hall–Kier alpha value is -2.94. The number of aromatic hydroxyl groups is 1. The van der Waals surface area contributed by atoms with E-state index in [9.17, 15) is 14.7 Å². The van der Waals surface area contributed by atoms with Gasteiger partial charge in [0.15, 0.2) is 0 Å². The molecule has 146 valence electrons. The summed E-state index contributed by atoms with van der Waals surface area (Å²) in [5.41, 5.74) is 2.76. The van der Waals surface area contributed by atoms with Crippen molar-refractivity contribution in [3.63, 3.8) is 0 Å². The van der Waals surface area contributed by atoms with Crippen LogP contribution in [0.15, 0.2) is 31.2 Å². The first-order valence-electron chi connectivity index (χ1n) is 8.52. The second-order valence-corrected chi connectivity index (χ2v) is 7.40. The van der Waals surface area contributed by atoms with Crippen molar-refractivity contribution in [2.75, 3.05) is 0 Å². The van der Waals surface area contributed by atoms with Gasteiger partial charge in [0.2, 0.25) is 5.88 Å². The van der Waals surface area contributed by atoms with Crippen LogP contribution in [0.25, 0.3) is 5.69 Å². The number of nitrogens with one attached hydrogen (secondary N) is 1. The predicted molar refractivity (Wildman–Crippen MR) is 111 cm³/mol. The number of aromatic amines is 1. The molecule has 0 bridgehead atoms. The van der Waals surface area contributed by atoms with E-state index in [1.165, 1.54) is 6.21 Å². The minimum absolute atomic E-state index is 0.109. The Balaban J connectivity index is 2.22. The molecule has 0 spiro atoms. The van der Waals surface area contributed by atoms with Crippen LogP contribution in [0.4, 0.5) is 5.69 Å². The zero-order valence-electron chi connectivity index (χ0n) is 16.2. The Kier molecular flexibility index (Phi) is 5.12. The fourth-order valence-electron chi connectivity index (χ4n) is 2.97. The van der Waals surface area contributed by atoms with E-state index in [0.29, 0.717) is 17.1 Å². The van der Waals surface area contributed by atoms with Crippen molar-refractivity contribution in [1.82, 2.24) is 19.3 Å². The van der Waals surface area contributed by atoms with Crippen molar-refractivity contribution in [1.29, 1.82) is 0 Å². The Labute approximate surface area is 169 Å². The molecule has 1 aromatic carbocycles. The highest BCUT2D eigenvalue weighted by Crippen LogP contribution is 2.27. The molecule has 0 amide bonds. The van der Waals surface area contributed by atoms with Gasteiger partial charge in [0.1, 0.15) is 11.3 Å². The van der Waals surface area contributed by atoms with E-state index < -0.39 is 17.1 Å². The maximum atomic E-state index is 12.4. The van der Waals surface area contributed by atoms with E-state index in [4.69, 9.17) is 0 Å². The molecule has 0 atom stereocenters. The Morgan fingerprint density at radius 3 is 2.46 bits per heavy atom. The lowest BCUT2D eigenvalue weighted by Crippen LogP contribution is -2.31. The number of rotatable bonds is 3. The topological polar surface area (TPSA) is 105 Å². The number of halogens is 1. The van der Waals surface area contributed by atoms with E-state index in [-0.39, 0.29) is 5.56 Å². The Morgan fingerprint density at radius 1 is 1.18 bits per heavy atom. The number of aryl methyl sites for hydroxylation is 2. The fraction of sp³-hybridized carbons (Fsp3) is 0.263. The lowest BCUT2D eigenvalue weighted by molar-refractivity contribution is 0.430. The normalized spacial score (nSPS) is 11.5. The second-order valence-electron chi connectivity index (χ2n) is 6.55. The maximum absolute atomic E-state index is 12.4. The van der Waals surface area contributed by atoms with E-state index in [1.54, 1.807) is 30.8 Å². The summed E-state index contributed by atoms with van der Waals surface area (Å²) < 4.78 is 3.64. The van der Waals surface area contributed by atoms with Gasteiger partial charge in [-0.2, -0.15) is 5.10 Å². The standard InChI is InChI=1S/C19H20BrN5O3/c1-9-10(2)15(7-6-14(9)20)25-18(27)13(17(26)22-19(25)28)8-21-16-11(3)23-24(5)12(16)4/h6-8,27H,1-5H3,(H,22,26,28). The summed E-state index contributed by atoms with van der Waals surface area (Å²) in [5, 5.41) is 15.0. The highest BCUT2D eigenvalue weighted by molar-refractivity contribution is 9.10. The van der Waals surface area contributed by atoms with Crippen LogP contribution in [-0.4, -0.2) is 30.7 Å². The summed E-state index contributed by atoms with van der Waals surface area (Å²) >= 11 is 3.45. The first kappa shape index (κ1) is 19.8. The molecule has 0 aliphatic heterocycles. The molecule has 0 saturated heterocycles. The zero-order valence-corrected chi connectivity index (χ0v) is 17.7. The van der Waals surface area contributed by atoms with Gasteiger partial charge < -0.3 is 5.11 Å². The molecule has 3 rings (SSSR count). The van der Waals surface area contributed by atoms with Gasteiger partial charge >= 0.3 is 5.69 Å². The minimum Gasteiger partial charge on any atom is -0.493 e. The Bertz CT molecular complexity index is 1230. The highest BCUT2D eigenvalue weighted by atomic mass is 79.9. The number of aliphatic imine (C=N–C) groups is 1. The second kappa shape index (κ2) is 7.23. The van der Waals surface area contributed by atoms with Crippen molar-refractivity contribution in [3.8, 4) is 11.6 Å². The quantitative estimate of drug-likeness (QED) is 0.604. The van der Waals surface area contributed by atoms with Gasteiger partial charge in [-0.05, 0) is 51.0 Å². The van der Waals surface area contributed by atoms with Gasteiger partial charge in [0.25, 0.3) is 5.56 Å². The van der Waals surface area contributed by atoms with Gasteiger partial charge in [-0.1, -0.05) is 15.9 Å². The van der Waals surface area contributed by atoms with Crippen molar-refractivity contribution in [3.05, 3.63) is 65.5 Å². The van der Waals surface area contributed by atoms with E-state index >= 15 is 0 Å². The molecule has 2 heterocycles. The zero-order chi connectivity index (χ0) is 20.7. The highest BCUT2D eigenvalue weighted by Gasteiger charge is 2.17. The summed E-state index contributed by atoms with van der Waals surface area (Å²) in [5.74, 6) is -0.471. The number of hydrogen-bond donors (Lipinski definition) is 2. The van der Waals surface area contributed by atoms with Crippen LogP contribution in [0, 0.1) is 27.7 Å². The van der Waals surface area contributed by atoms with E-state index in [2.05, 4.69) is 31.0 Å². The van der Waals surface area contributed by atoms with Crippen LogP contribution in [0.2, 0.25) is 0 Å². The first-order valence-corrected chi connectivity index (χ1v) is 9.31. The van der Waals surface area contributed by atoms with Crippen LogP contribution >= 0.6 is 15.9 Å². The molecule has 3 aromatic rings. The lowest BCUT2D eigenvalue weighted by Gasteiger charge is -2.14. The molecular formula is C19H20BrN5O3. The predicted octanol–water partition coefficient (Wildman–Crippen LogP) is 2.71. The van der Waals surface area contributed by atoms with Crippen LogP contribution in [0.5, 0.6) is 5.88 Å². The van der Waals surface area contributed by atoms with E-state index in [0.717, 1.165) is 25.9 Å². The molecule has 0 radical (unpaired) electrons. The molecular weight excluding hydrogens is 426 g/mol. The first-order chi connectivity index (χ1) is 13.1. The molecule has 2 N–H and O–H groups in total.